The summed E-state index contributed by atoms with van der Waals surface area (Å²) < 4.78 is 37.5. The van der Waals surface area contributed by atoms with Gasteiger partial charge in [-0.25, -0.2) is 13.2 Å². The zero-order chi connectivity index (χ0) is 9.30. The molecule has 66 valence electrons. The fourth-order valence-corrected chi connectivity index (χ4v) is 1.25. The molecular weight excluding hydrogens is 282 g/mol. The maximum atomic E-state index is 13.0. The van der Waals surface area contributed by atoms with Gasteiger partial charge in [0.05, 0.1) is 9.13 Å². The van der Waals surface area contributed by atoms with Crippen LogP contribution in [-0.2, 0) is 0 Å². The van der Waals surface area contributed by atoms with Gasteiger partial charge in [0, 0.05) is 11.9 Å². The highest BCUT2D eigenvalue weighted by atomic mass is 127. The molecule has 0 saturated carbocycles. The summed E-state index contributed by atoms with van der Waals surface area (Å²) in [7, 11) is 0. The van der Waals surface area contributed by atoms with E-state index in [1.54, 1.807) is 22.6 Å². The first-order valence-electron chi connectivity index (χ1n) is 3.12. The second-order valence-electron chi connectivity index (χ2n) is 2.22. The predicted octanol–water partition coefficient (Wildman–Crippen LogP) is 3.07. The van der Waals surface area contributed by atoms with Crippen LogP contribution in [0.1, 0.15) is 17.7 Å². The maximum absolute atomic E-state index is 13.0. The Balaban J connectivity index is 3.33. The van der Waals surface area contributed by atoms with E-state index >= 15 is 0 Å². The predicted molar refractivity (Wildman–Crippen MR) is 46.6 cm³/mol. The molecule has 0 bridgehead atoms. The van der Waals surface area contributed by atoms with Crippen molar-refractivity contribution in [1.29, 1.82) is 0 Å². The smallest absolute Gasteiger partial charge is 0.260 e. The van der Waals surface area contributed by atoms with Crippen LogP contribution >= 0.6 is 22.6 Å². The molecule has 0 aliphatic carbocycles. The summed E-state index contributed by atoms with van der Waals surface area (Å²) in [4.78, 5) is 3.63. The Morgan fingerprint density at radius 2 is 2.08 bits per heavy atom. The molecule has 0 aromatic carbocycles. The van der Waals surface area contributed by atoms with Crippen molar-refractivity contribution < 1.29 is 13.2 Å². The van der Waals surface area contributed by atoms with Gasteiger partial charge in [-0.15, -0.1) is 0 Å². The Kier molecular flexibility index (Phi) is 2.92. The Bertz CT molecular complexity index is 301. The fourth-order valence-electron chi connectivity index (χ4n) is 0.821. The third-order valence-corrected chi connectivity index (χ3v) is 2.18. The number of aromatic nitrogens is 1. The highest BCUT2D eigenvalue weighted by Crippen LogP contribution is 2.26. The quantitative estimate of drug-likeness (QED) is 0.723. The first-order valence-corrected chi connectivity index (χ1v) is 4.20. The molecule has 0 aliphatic rings. The Morgan fingerprint density at radius 1 is 1.50 bits per heavy atom. The minimum Gasteiger partial charge on any atom is -0.260 e. The van der Waals surface area contributed by atoms with Gasteiger partial charge in [0.1, 0.15) is 5.82 Å². The lowest BCUT2D eigenvalue weighted by Crippen LogP contribution is -2.00. The Morgan fingerprint density at radius 3 is 2.50 bits per heavy atom. The van der Waals surface area contributed by atoms with Gasteiger partial charge in [-0.2, -0.15) is 0 Å². The second kappa shape index (κ2) is 3.59. The average molecular weight is 287 g/mol. The zero-order valence-corrected chi connectivity index (χ0v) is 8.27. The molecule has 0 atom stereocenters. The molecule has 0 unspecified atom stereocenters. The number of hydrogen-bond donors (Lipinski definition) is 0. The van der Waals surface area contributed by atoms with E-state index < -0.39 is 17.8 Å². The topological polar surface area (TPSA) is 12.9 Å². The van der Waals surface area contributed by atoms with E-state index in [0.717, 1.165) is 0 Å². The molecule has 5 heteroatoms. The molecule has 0 radical (unpaired) electrons. The first-order chi connectivity index (χ1) is 5.54. The monoisotopic (exact) mass is 287 g/mol. The van der Waals surface area contributed by atoms with E-state index in [1.807, 2.05) is 0 Å². The molecule has 1 rings (SSSR count). The van der Waals surface area contributed by atoms with Crippen molar-refractivity contribution in [3.8, 4) is 0 Å². The second-order valence-corrected chi connectivity index (χ2v) is 3.38. The van der Waals surface area contributed by atoms with Crippen LogP contribution in [0.5, 0.6) is 0 Å². The largest absolute Gasteiger partial charge is 0.268 e. The molecule has 0 N–H and O–H groups in total. The number of aryl methyl sites for hydroxylation is 1. The van der Waals surface area contributed by atoms with Crippen LogP contribution in [0.4, 0.5) is 13.2 Å². The molecule has 0 fully saturated rings. The van der Waals surface area contributed by atoms with Crippen LogP contribution in [0.15, 0.2) is 6.20 Å². The van der Waals surface area contributed by atoms with Gasteiger partial charge in [0.15, 0.2) is 0 Å². The van der Waals surface area contributed by atoms with Gasteiger partial charge < -0.3 is 0 Å². The fraction of sp³-hybridized carbons (Fsp3) is 0.286. The average Bonchev–Trinajstić information content (AvgIpc) is 1.97. The van der Waals surface area contributed by atoms with Crippen LogP contribution in [0.2, 0.25) is 0 Å². The van der Waals surface area contributed by atoms with Crippen molar-refractivity contribution in [2.24, 2.45) is 0 Å². The lowest BCUT2D eigenvalue weighted by Gasteiger charge is -2.05. The molecule has 0 saturated heterocycles. The van der Waals surface area contributed by atoms with Crippen LogP contribution in [0, 0.1) is 16.3 Å². The molecule has 0 aliphatic heterocycles. The van der Waals surface area contributed by atoms with Gasteiger partial charge in [0.2, 0.25) is 0 Å². The van der Waals surface area contributed by atoms with Crippen molar-refractivity contribution in [2.75, 3.05) is 0 Å². The summed E-state index contributed by atoms with van der Waals surface area (Å²) >= 11 is 1.63. The van der Waals surface area contributed by atoms with Gasteiger partial charge in [0.25, 0.3) is 6.43 Å². The maximum Gasteiger partial charge on any atom is 0.268 e. The minimum atomic E-state index is -2.80. The summed E-state index contributed by atoms with van der Waals surface area (Å²) in [5.41, 5.74) is -0.551. The molecular formula is C7H5F3IN. The molecule has 1 heterocycles. The number of nitrogens with zero attached hydrogens (tertiary/aromatic N) is 1. The van der Waals surface area contributed by atoms with E-state index in [9.17, 15) is 13.2 Å². The van der Waals surface area contributed by atoms with E-state index in [2.05, 4.69) is 4.98 Å². The van der Waals surface area contributed by atoms with Crippen LogP contribution in [0.3, 0.4) is 0 Å². The van der Waals surface area contributed by atoms with Gasteiger partial charge in [-0.05, 0) is 29.5 Å². The first kappa shape index (κ1) is 9.76. The lowest BCUT2D eigenvalue weighted by atomic mass is 10.2. The van der Waals surface area contributed by atoms with Crippen molar-refractivity contribution in [1.82, 2.24) is 4.98 Å². The highest BCUT2D eigenvalue weighted by Gasteiger charge is 2.19. The van der Waals surface area contributed by atoms with Crippen molar-refractivity contribution in [3.05, 3.63) is 26.8 Å². The number of alkyl halides is 2. The summed E-state index contributed by atoms with van der Waals surface area (Å²) in [6, 6.07) is 0. The molecule has 12 heavy (non-hydrogen) atoms. The molecule has 1 nitrogen and oxygen atoms in total. The zero-order valence-electron chi connectivity index (χ0n) is 6.11. The Hall–Kier alpha value is -0.330. The number of hydrogen-bond acceptors (Lipinski definition) is 1. The molecule has 0 spiro atoms. The SMILES string of the molecule is Cc1ncc(I)c(F)c1C(F)F. The van der Waals surface area contributed by atoms with Crippen molar-refractivity contribution in [3.63, 3.8) is 0 Å². The number of rotatable bonds is 1. The molecule has 1 aromatic rings. The number of halogens is 4. The van der Waals surface area contributed by atoms with Crippen LogP contribution in [0.25, 0.3) is 0 Å². The summed E-state index contributed by atoms with van der Waals surface area (Å²) in [6.07, 6.45) is -1.57. The summed E-state index contributed by atoms with van der Waals surface area (Å²) in [6.45, 7) is 1.36. The van der Waals surface area contributed by atoms with E-state index in [1.165, 1.54) is 13.1 Å². The van der Waals surface area contributed by atoms with Gasteiger partial charge in [-0.1, -0.05) is 0 Å². The Labute approximate surface area is 81.1 Å². The standard InChI is InChI=1S/C7H5F3IN/c1-3-5(7(9)10)6(8)4(11)2-12-3/h2,7H,1H3. The molecule has 1 aromatic heterocycles. The minimum absolute atomic E-state index is 0.0444. The highest BCUT2D eigenvalue weighted by molar-refractivity contribution is 14.1. The third kappa shape index (κ3) is 1.70. The van der Waals surface area contributed by atoms with Gasteiger partial charge in [-0.3, -0.25) is 4.98 Å². The van der Waals surface area contributed by atoms with E-state index in [-0.39, 0.29) is 9.26 Å². The molecule has 0 amide bonds. The van der Waals surface area contributed by atoms with Crippen molar-refractivity contribution in [2.45, 2.75) is 13.3 Å². The number of pyridine rings is 1. The third-order valence-electron chi connectivity index (χ3n) is 1.43. The van der Waals surface area contributed by atoms with Crippen LogP contribution < -0.4 is 0 Å². The lowest BCUT2D eigenvalue weighted by molar-refractivity contribution is 0.144. The summed E-state index contributed by atoms with van der Waals surface area (Å²) in [5, 5.41) is 0. The summed E-state index contributed by atoms with van der Waals surface area (Å²) in [5.74, 6) is -0.863. The van der Waals surface area contributed by atoms with E-state index in [4.69, 9.17) is 0 Å². The van der Waals surface area contributed by atoms with Gasteiger partial charge >= 0.3 is 0 Å². The normalized spacial score (nSPS) is 10.8. The van der Waals surface area contributed by atoms with E-state index in [0.29, 0.717) is 0 Å². The van der Waals surface area contributed by atoms with Crippen LogP contribution in [-0.4, -0.2) is 4.98 Å². The van der Waals surface area contributed by atoms with Crippen molar-refractivity contribution >= 4 is 22.6 Å².